The van der Waals surface area contributed by atoms with E-state index in [4.69, 9.17) is 10.00 Å². The zero-order valence-electron chi connectivity index (χ0n) is 14.0. The van der Waals surface area contributed by atoms with Crippen molar-refractivity contribution in [3.05, 3.63) is 59.3 Å². The second kappa shape index (κ2) is 7.05. The molecule has 1 aliphatic heterocycles. The fraction of sp³-hybridized carbons (Fsp3) is 0.211. The van der Waals surface area contributed by atoms with Crippen molar-refractivity contribution in [2.45, 2.75) is 19.9 Å². The van der Waals surface area contributed by atoms with E-state index < -0.39 is 12.0 Å². The van der Waals surface area contributed by atoms with Crippen molar-refractivity contribution in [1.82, 2.24) is 10.6 Å². The molecule has 1 atom stereocenters. The normalized spacial score (nSPS) is 16.7. The van der Waals surface area contributed by atoms with Crippen molar-refractivity contribution < 1.29 is 9.53 Å². The zero-order chi connectivity index (χ0) is 17.8. The molecular weight excluding hydrogens is 316 g/mol. The number of benzene rings is 2. The summed E-state index contributed by atoms with van der Waals surface area (Å²) in [5.74, 6) is -0.101. The van der Waals surface area contributed by atoms with Gasteiger partial charge in [-0.05, 0) is 30.2 Å². The van der Waals surface area contributed by atoms with Crippen LogP contribution in [0.1, 0.15) is 25.5 Å². The molecule has 0 radical (unpaired) electrons. The lowest BCUT2D eigenvalue weighted by atomic mass is 9.92. The van der Waals surface area contributed by atoms with Crippen LogP contribution in [-0.2, 0) is 9.53 Å². The van der Waals surface area contributed by atoms with Gasteiger partial charge in [-0.3, -0.25) is 5.32 Å². The van der Waals surface area contributed by atoms with Gasteiger partial charge in [-0.1, -0.05) is 42.5 Å². The average Bonchev–Trinajstić information content (AvgIpc) is 2.61. The number of hydrogen-bond acceptors (Lipinski definition) is 6. The fourth-order valence-electron chi connectivity index (χ4n) is 2.98. The number of allylic oxidation sites excluding steroid dienone is 1. The van der Waals surface area contributed by atoms with Crippen LogP contribution in [0.15, 0.2) is 58.7 Å². The number of nitrogens with zero attached hydrogens (tertiary/aromatic N) is 2. The molecule has 0 amide bonds. The lowest BCUT2D eigenvalue weighted by Gasteiger charge is -2.26. The van der Waals surface area contributed by atoms with Gasteiger partial charge in [0.1, 0.15) is 6.04 Å². The summed E-state index contributed by atoms with van der Waals surface area (Å²) >= 11 is 0. The second-order valence-electron chi connectivity index (χ2n) is 5.57. The summed E-state index contributed by atoms with van der Waals surface area (Å²) in [6.07, 6.45) is 1.85. The van der Waals surface area contributed by atoms with Crippen molar-refractivity contribution in [2.75, 3.05) is 6.61 Å². The number of nitriles is 1. The van der Waals surface area contributed by atoms with Gasteiger partial charge in [0.2, 0.25) is 5.96 Å². The Morgan fingerprint density at radius 2 is 2.08 bits per heavy atom. The summed E-state index contributed by atoms with van der Waals surface area (Å²) in [5, 5.41) is 16.4. The molecule has 6 heteroatoms. The monoisotopic (exact) mass is 334 g/mol. The van der Waals surface area contributed by atoms with Gasteiger partial charge in [0, 0.05) is 5.70 Å². The van der Waals surface area contributed by atoms with Crippen molar-refractivity contribution in [3.63, 3.8) is 0 Å². The van der Waals surface area contributed by atoms with Crippen LogP contribution >= 0.6 is 0 Å². The molecule has 6 nitrogen and oxygen atoms in total. The van der Waals surface area contributed by atoms with Crippen LogP contribution in [0.5, 0.6) is 0 Å². The van der Waals surface area contributed by atoms with Crippen molar-refractivity contribution in [2.24, 2.45) is 4.99 Å². The second-order valence-corrected chi connectivity index (χ2v) is 5.57. The molecule has 0 fully saturated rings. The minimum Gasteiger partial charge on any atom is -0.463 e. The van der Waals surface area contributed by atoms with Gasteiger partial charge >= 0.3 is 5.97 Å². The molecule has 126 valence electrons. The zero-order valence-corrected chi connectivity index (χ0v) is 14.0. The van der Waals surface area contributed by atoms with E-state index in [9.17, 15) is 4.79 Å². The number of carbonyl (C=O) groups is 1. The third kappa shape index (κ3) is 3.17. The van der Waals surface area contributed by atoms with Crippen LogP contribution < -0.4 is 10.6 Å². The van der Waals surface area contributed by atoms with Crippen molar-refractivity contribution in [3.8, 4) is 6.19 Å². The predicted molar refractivity (Wildman–Crippen MR) is 95.3 cm³/mol. The maximum atomic E-state index is 12.5. The minimum atomic E-state index is -0.553. The largest absolute Gasteiger partial charge is 0.463 e. The maximum absolute atomic E-state index is 12.5. The number of nitrogens with one attached hydrogen (secondary N) is 2. The van der Waals surface area contributed by atoms with Gasteiger partial charge in [0.05, 0.1) is 12.2 Å². The minimum absolute atomic E-state index is 0.283. The SMILES string of the molecule is CCOC(=O)C1=C(C)NC(NC#N)=NC1c1cccc2ccccc12. The molecule has 1 heterocycles. The first-order chi connectivity index (χ1) is 12.2. The molecular formula is C19H18N4O2. The molecule has 1 unspecified atom stereocenters. The Hall–Kier alpha value is -3.33. The van der Waals surface area contributed by atoms with Gasteiger partial charge < -0.3 is 10.1 Å². The van der Waals surface area contributed by atoms with Gasteiger partial charge in [-0.25, -0.2) is 9.79 Å². The van der Waals surface area contributed by atoms with E-state index in [1.54, 1.807) is 13.8 Å². The van der Waals surface area contributed by atoms with E-state index in [-0.39, 0.29) is 6.61 Å². The third-order valence-corrected chi connectivity index (χ3v) is 4.03. The molecule has 0 aliphatic carbocycles. The Morgan fingerprint density at radius 3 is 2.84 bits per heavy atom. The first-order valence-electron chi connectivity index (χ1n) is 8.01. The van der Waals surface area contributed by atoms with Gasteiger partial charge in [0.15, 0.2) is 6.19 Å². The molecule has 2 N–H and O–H groups in total. The van der Waals surface area contributed by atoms with E-state index in [0.717, 1.165) is 16.3 Å². The smallest absolute Gasteiger partial charge is 0.338 e. The first-order valence-corrected chi connectivity index (χ1v) is 8.01. The predicted octanol–water partition coefficient (Wildman–Crippen LogP) is 2.75. The van der Waals surface area contributed by atoms with Crippen LogP contribution in [0.2, 0.25) is 0 Å². The van der Waals surface area contributed by atoms with Crippen LogP contribution in [0.4, 0.5) is 0 Å². The quantitative estimate of drug-likeness (QED) is 0.512. The van der Waals surface area contributed by atoms with Gasteiger partial charge in [-0.15, -0.1) is 0 Å². The molecule has 2 aromatic carbocycles. The summed E-state index contributed by atoms with van der Waals surface area (Å²) < 4.78 is 5.22. The highest BCUT2D eigenvalue weighted by Crippen LogP contribution is 2.35. The number of fused-ring (bicyclic) bond motifs is 1. The number of hydrogen-bond donors (Lipinski definition) is 2. The summed E-state index contributed by atoms with van der Waals surface area (Å²) in [4.78, 5) is 17.1. The lowest BCUT2D eigenvalue weighted by Crippen LogP contribution is -2.39. The van der Waals surface area contributed by atoms with Crippen molar-refractivity contribution in [1.29, 1.82) is 5.26 Å². The highest BCUT2D eigenvalue weighted by Gasteiger charge is 2.31. The lowest BCUT2D eigenvalue weighted by molar-refractivity contribution is -0.138. The number of esters is 1. The molecule has 2 aromatic rings. The van der Waals surface area contributed by atoms with Crippen LogP contribution in [0, 0.1) is 11.5 Å². The number of ether oxygens (including phenoxy) is 1. The van der Waals surface area contributed by atoms with Gasteiger partial charge in [-0.2, -0.15) is 5.26 Å². The molecule has 0 spiro atoms. The Bertz CT molecular complexity index is 919. The average molecular weight is 334 g/mol. The highest BCUT2D eigenvalue weighted by atomic mass is 16.5. The molecule has 25 heavy (non-hydrogen) atoms. The van der Waals surface area contributed by atoms with E-state index >= 15 is 0 Å². The van der Waals surface area contributed by atoms with Gasteiger partial charge in [0.25, 0.3) is 0 Å². The Labute approximate surface area is 145 Å². The summed E-state index contributed by atoms with van der Waals surface area (Å²) in [7, 11) is 0. The van der Waals surface area contributed by atoms with E-state index in [0.29, 0.717) is 17.2 Å². The standard InChI is InChI=1S/C19H18N4O2/c1-3-25-18(24)16-12(2)22-19(21-11-20)23-17(16)15-10-6-8-13-7-4-5-9-14(13)15/h4-10,17H,3H2,1-2H3,(H2,21,22,23). The molecule has 0 saturated carbocycles. The van der Waals surface area contributed by atoms with E-state index in [1.165, 1.54) is 0 Å². The molecule has 0 aromatic heterocycles. The molecule has 1 aliphatic rings. The van der Waals surface area contributed by atoms with Crippen molar-refractivity contribution >= 4 is 22.7 Å². The molecule has 3 rings (SSSR count). The Morgan fingerprint density at radius 1 is 1.32 bits per heavy atom. The molecule has 0 bridgehead atoms. The first kappa shape index (κ1) is 16.5. The summed E-state index contributed by atoms with van der Waals surface area (Å²) in [6, 6.07) is 13.3. The topological polar surface area (TPSA) is 86.5 Å². The maximum Gasteiger partial charge on any atom is 0.338 e. The number of guanidine groups is 1. The van der Waals surface area contributed by atoms with E-state index in [2.05, 4.69) is 15.6 Å². The van der Waals surface area contributed by atoms with Crippen LogP contribution in [0.3, 0.4) is 0 Å². The number of carbonyl (C=O) groups excluding carboxylic acids is 1. The summed E-state index contributed by atoms with van der Waals surface area (Å²) in [6.45, 7) is 3.83. The number of aliphatic imine (C=N–C) groups is 1. The van der Waals surface area contributed by atoms with E-state index in [1.807, 2.05) is 48.7 Å². The van der Waals surface area contributed by atoms with Crippen LogP contribution in [-0.4, -0.2) is 18.5 Å². The highest BCUT2D eigenvalue weighted by molar-refractivity contribution is 5.97. The van der Waals surface area contributed by atoms with Crippen LogP contribution in [0.25, 0.3) is 10.8 Å². The Kier molecular flexibility index (Phi) is 4.66. The Balaban J connectivity index is 2.17. The third-order valence-electron chi connectivity index (χ3n) is 4.03. The fourth-order valence-corrected chi connectivity index (χ4v) is 2.98. The number of rotatable bonds is 3. The summed E-state index contributed by atoms with van der Waals surface area (Å²) in [5.41, 5.74) is 1.95. The molecule has 0 saturated heterocycles.